The van der Waals surface area contributed by atoms with E-state index in [2.05, 4.69) is 66.7 Å². The van der Waals surface area contributed by atoms with Gasteiger partial charge in [-0.1, -0.05) is 97.1 Å². The molecule has 0 aromatic heterocycles. The van der Waals surface area contributed by atoms with Crippen molar-refractivity contribution in [3.8, 4) is 0 Å². The standard InChI is InChI=1S/C29H18O2/c30-28-24-13-7-12-20-16-22-17-21(14-15-23(22)27(26(20)24)29(28)31)25(18-8-3-1-4-9-18)19-10-5-2-6-11-19/h1-17,25H. The van der Waals surface area contributed by atoms with Crippen molar-refractivity contribution in [2.75, 3.05) is 0 Å². The zero-order valence-electron chi connectivity index (χ0n) is 16.7. The van der Waals surface area contributed by atoms with Crippen LogP contribution in [-0.2, 0) is 0 Å². The van der Waals surface area contributed by atoms with Crippen LogP contribution < -0.4 is 0 Å². The van der Waals surface area contributed by atoms with Crippen LogP contribution >= 0.6 is 0 Å². The van der Waals surface area contributed by atoms with Crippen LogP contribution in [0, 0.1) is 0 Å². The van der Waals surface area contributed by atoms with Crippen LogP contribution in [0.25, 0.3) is 21.5 Å². The van der Waals surface area contributed by atoms with E-state index in [9.17, 15) is 9.59 Å². The summed E-state index contributed by atoms with van der Waals surface area (Å²) in [6.07, 6.45) is 0. The smallest absolute Gasteiger partial charge is 0.234 e. The molecule has 0 unspecified atom stereocenters. The number of carbonyl (C=O) groups is 2. The van der Waals surface area contributed by atoms with Gasteiger partial charge in [0, 0.05) is 22.4 Å². The second-order valence-electron chi connectivity index (χ2n) is 8.05. The highest BCUT2D eigenvalue weighted by atomic mass is 16.2. The van der Waals surface area contributed by atoms with Crippen molar-refractivity contribution in [2.45, 2.75) is 5.92 Å². The quantitative estimate of drug-likeness (QED) is 0.196. The number of hydrogen-bond donors (Lipinski definition) is 0. The molecule has 1 aliphatic rings. The van der Waals surface area contributed by atoms with Crippen molar-refractivity contribution in [3.63, 3.8) is 0 Å². The van der Waals surface area contributed by atoms with Gasteiger partial charge >= 0.3 is 0 Å². The van der Waals surface area contributed by atoms with Crippen molar-refractivity contribution < 1.29 is 9.59 Å². The monoisotopic (exact) mass is 398 g/mol. The maximum absolute atomic E-state index is 12.8. The first-order valence-corrected chi connectivity index (χ1v) is 10.4. The normalized spacial score (nSPS) is 12.9. The molecule has 0 N–H and O–H groups in total. The van der Waals surface area contributed by atoms with E-state index < -0.39 is 11.6 Å². The predicted molar refractivity (Wildman–Crippen MR) is 124 cm³/mol. The zero-order valence-corrected chi connectivity index (χ0v) is 16.7. The van der Waals surface area contributed by atoms with Crippen LogP contribution in [0.2, 0.25) is 0 Å². The number of Topliss-reactive ketones (excluding diaryl/α,β-unsaturated/α-hetero) is 2. The number of carbonyl (C=O) groups excluding carboxylic acids is 2. The molecule has 0 spiro atoms. The Bertz CT molecular complexity index is 1460. The summed E-state index contributed by atoms with van der Waals surface area (Å²) in [6, 6.07) is 34.8. The summed E-state index contributed by atoms with van der Waals surface area (Å²) >= 11 is 0. The van der Waals surface area contributed by atoms with Crippen molar-refractivity contribution >= 4 is 33.1 Å². The summed E-state index contributed by atoms with van der Waals surface area (Å²) in [5, 5.41) is 3.56. The molecule has 1 aliphatic carbocycles. The Kier molecular flexibility index (Phi) is 3.87. The number of ketones is 2. The summed E-state index contributed by atoms with van der Waals surface area (Å²) in [5.74, 6) is -0.712. The molecule has 31 heavy (non-hydrogen) atoms. The first-order chi connectivity index (χ1) is 15.2. The third-order valence-electron chi connectivity index (χ3n) is 6.28. The first-order valence-electron chi connectivity index (χ1n) is 10.4. The van der Waals surface area contributed by atoms with Crippen LogP contribution in [0.5, 0.6) is 0 Å². The Labute approximate surface area is 179 Å². The van der Waals surface area contributed by atoms with E-state index in [-0.39, 0.29) is 5.92 Å². The van der Waals surface area contributed by atoms with Gasteiger partial charge in [-0.15, -0.1) is 0 Å². The largest absolute Gasteiger partial charge is 0.285 e. The van der Waals surface area contributed by atoms with E-state index in [0.29, 0.717) is 11.1 Å². The van der Waals surface area contributed by atoms with Crippen LogP contribution in [0.4, 0.5) is 0 Å². The molecule has 0 heterocycles. The van der Waals surface area contributed by atoms with E-state index in [1.807, 2.05) is 30.3 Å². The summed E-state index contributed by atoms with van der Waals surface area (Å²) in [6.45, 7) is 0. The predicted octanol–water partition coefficient (Wildman–Crippen LogP) is 6.55. The molecule has 146 valence electrons. The fourth-order valence-corrected chi connectivity index (χ4v) is 4.91. The van der Waals surface area contributed by atoms with E-state index in [1.165, 1.54) is 11.1 Å². The maximum atomic E-state index is 12.8. The second-order valence-corrected chi connectivity index (χ2v) is 8.05. The molecule has 0 fully saturated rings. The Morgan fingerprint density at radius 3 is 1.87 bits per heavy atom. The van der Waals surface area contributed by atoms with E-state index in [1.54, 1.807) is 6.07 Å². The molecule has 0 amide bonds. The van der Waals surface area contributed by atoms with Gasteiger partial charge in [-0.2, -0.15) is 0 Å². The average molecular weight is 398 g/mol. The van der Waals surface area contributed by atoms with Gasteiger partial charge in [-0.05, 0) is 38.9 Å². The molecule has 6 rings (SSSR count). The average Bonchev–Trinajstić information content (AvgIpc) is 3.08. The lowest BCUT2D eigenvalue weighted by Gasteiger charge is -2.20. The summed E-state index contributed by atoms with van der Waals surface area (Å²) < 4.78 is 0. The molecule has 0 atom stereocenters. The molecule has 0 radical (unpaired) electrons. The third kappa shape index (κ3) is 2.65. The Balaban J connectivity index is 1.62. The lowest BCUT2D eigenvalue weighted by atomic mass is 9.84. The molecule has 5 aromatic rings. The van der Waals surface area contributed by atoms with Gasteiger partial charge in [-0.25, -0.2) is 0 Å². The van der Waals surface area contributed by atoms with Gasteiger partial charge in [0.2, 0.25) is 11.6 Å². The highest BCUT2D eigenvalue weighted by Gasteiger charge is 2.32. The molecule has 0 saturated heterocycles. The Hall–Kier alpha value is -4.04. The van der Waals surface area contributed by atoms with Crippen LogP contribution in [-0.4, -0.2) is 11.6 Å². The van der Waals surface area contributed by atoms with Crippen molar-refractivity contribution in [2.24, 2.45) is 0 Å². The topological polar surface area (TPSA) is 34.1 Å². The molecule has 0 saturated carbocycles. The van der Waals surface area contributed by atoms with Crippen LogP contribution in [0.1, 0.15) is 43.3 Å². The molecule has 5 aromatic carbocycles. The van der Waals surface area contributed by atoms with Crippen LogP contribution in [0.15, 0.2) is 103 Å². The van der Waals surface area contributed by atoms with Gasteiger partial charge in [0.25, 0.3) is 0 Å². The summed E-state index contributed by atoms with van der Waals surface area (Å²) in [7, 11) is 0. The minimum Gasteiger partial charge on any atom is -0.285 e. The number of rotatable bonds is 3. The third-order valence-corrected chi connectivity index (χ3v) is 6.28. The lowest BCUT2D eigenvalue weighted by molar-refractivity contribution is 0.0826. The second kappa shape index (κ2) is 6.75. The van der Waals surface area contributed by atoms with Crippen molar-refractivity contribution in [1.29, 1.82) is 0 Å². The highest BCUT2D eigenvalue weighted by Crippen LogP contribution is 2.39. The SMILES string of the molecule is O=C1C(=O)c2c3ccc(C(c4ccccc4)c4ccccc4)cc3cc3cccc1c23. The molecule has 2 heteroatoms. The van der Waals surface area contributed by atoms with Crippen molar-refractivity contribution in [1.82, 2.24) is 0 Å². The first kappa shape index (κ1) is 17.8. The zero-order chi connectivity index (χ0) is 20.9. The number of benzene rings is 5. The van der Waals surface area contributed by atoms with Gasteiger partial charge in [-0.3, -0.25) is 9.59 Å². The van der Waals surface area contributed by atoms with E-state index in [4.69, 9.17) is 0 Å². The summed E-state index contributed by atoms with van der Waals surface area (Å²) in [4.78, 5) is 25.3. The van der Waals surface area contributed by atoms with E-state index >= 15 is 0 Å². The van der Waals surface area contributed by atoms with Gasteiger partial charge in [0.1, 0.15) is 0 Å². The maximum Gasteiger partial charge on any atom is 0.234 e. The highest BCUT2D eigenvalue weighted by molar-refractivity contribution is 6.59. The molecule has 0 bridgehead atoms. The minimum absolute atomic E-state index is 0.0831. The van der Waals surface area contributed by atoms with Gasteiger partial charge in [0.05, 0.1) is 0 Å². The lowest BCUT2D eigenvalue weighted by Crippen LogP contribution is -2.07. The fourth-order valence-electron chi connectivity index (χ4n) is 4.91. The van der Waals surface area contributed by atoms with Crippen molar-refractivity contribution in [3.05, 3.63) is 131 Å². The fraction of sp³-hybridized carbons (Fsp3) is 0.0345. The summed E-state index contributed by atoms with van der Waals surface area (Å²) in [5.41, 5.74) is 4.66. The molecule has 2 nitrogen and oxygen atoms in total. The Morgan fingerprint density at radius 1 is 0.516 bits per heavy atom. The minimum atomic E-state index is -0.399. The Morgan fingerprint density at radius 2 is 1.19 bits per heavy atom. The molecule has 0 aliphatic heterocycles. The van der Waals surface area contributed by atoms with E-state index in [0.717, 1.165) is 27.1 Å². The molecular weight excluding hydrogens is 380 g/mol. The van der Waals surface area contributed by atoms with Gasteiger partial charge in [0.15, 0.2) is 0 Å². The molecular formula is C29H18O2. The van der Waals surface area contributed by atoms with Gasteiger partial charge < -0.3 is 0 Å². The number of fused-ring (bicyclic) bond motifs is 2. The number of hydrogen-bond acceptors (Lipinski definition) is 2. The van der Waals surface area contributed by atoms with Crippen LogP contribution in [0.3, 0.4) is 0 Å².